The summed E-state index contributed by atoms with van der Waals surface area (Å²) in [6.45, 7) is 4.61. The maximum Gasteiger partial charge on any atom is 0.254 e. The van der Waals surface area contributed by atoms with Gasteiger partial charge in [-0.15, -0.1) is 11.3 Å². The SMILES string of the molecule is CCN=C1NC(=O)C(c2cc(Br)c(C)s2)N1. The van der Waals surface area contributed by atoms with Crippen LogP contribution in [-0.4, -0.2) is 18.4 Å². The van der Waals surface area contributed by atoms with Gasteiger partial charge in [-0.05, 0) is 35.8 Å². The second kappa shape index (κ2) is 4.55. The Morgan fingerprint density at radius 2 is 2.38 bits per heavy atom. The molecule has 2 rings (SSSR count). The van der Waals surface area contributed by atoms with Gasteiger partial charge in [0.15, 0.2) is 5.96 Å². The fraction of sp³-hybridized carbons (Fsp3) is 0.400. The number of nitrogens with one attached hydrogen (secondary N) is 2. The van der Waals surface area contributed by atoms with E-state index in [1.165, 1.54) is 4.88 Å². The van der Waals surface area contributed by atoms with E-state index < -0.39 is 0 Å². The molecule has 2 N–H and O–H groups in total. The molecule has 0 radical (unpaired) electrons. The summed E-state index contributed by atoms with van der Waals surface area (Å²) in [5.74, 6) is 0.528. The minimum Gasteiger partial charge on any atom is -0.340 e. The molecule has 1 unspecified atom stereocenters. The first-order valence-electron chi connectivity index (χ1n) is 4.99. The fourth-order valence-electron chi connectivity index (χ4n) is 1.49. The summed E-state index contributed by atoms with van der Waals surface area (Å²) in [5, 5.41) is 5.80. The van der Waals surface area contributed by atoms with Crippen LogP contribution in [-0.2, 0) is 4.79 Å². The van der Waals surface area contributed by atoms with Gasteiger partial charge < -0.3 is 5.32 Å². The molecule has 1 saturated heterocycles. The first-order chi connectivity index (χ1) is 7.61. The third-order valence-corrected chi connectivity index (χ3v) is 4.46. The zero-order valence-corrected chi connectivity index (χ0v) is 11.4. The van der Waals surface area contributed by atoms with Gasteiger partial charge in [0.2, 0.25) is 0 Å². The van der Waals surface area contributed by atoms with Crippen molar-refractivity contribution in [3.05, 3.63) is 20.3 Å². The van der Waals surface area contributed by atoms with Gasteiger partial charge in [-0.25, -0.2) is 0 Å². The molecule has 2 heterocycles. The van der Waals surface area contributed by atoms with Gasteiger partial charge in [-0.3, -0.25) is 15.1 Å². The van der Waals surface area contributed by atoms with E-state index in [1.54, 1.807) is 11.3 Å². The van der Waals surface area contributed by atoms with Crippen molar-refractivity contribution in [3.63, 3.8) is 0 Å². The van der Waals surface area contributed by atoms with Gasteiger partial charge in [-0.2, -0.15) is 0 Å². The lowest BCUT2D eigenvalue weighted by molar-refractivity contribution is -0.120. The monoisotopic (exact) mass is 301 g/mol. The Hall–Kier alpha value is -0.880. The highest BCUT2D eigenvalue weighted by Crippen LogP contribution is 2.31. The maximum atomic E-state index is 11.7. The molecule has 0 spiro atoms. The fourth-order valence-corrected chi connectivity index (χ4v) is 3.11. The highest BCUT2D eigenvalue weighted by molar-refractivity contribution is 9.10. The molecule has 0 aliphatic carbocycles. The van der Waals surface area contributed by atoms with Crippen LogP contribution in [0.2, 0.25) is 0 Å². The van der Waals surface area contributed by atoms with Crippen molar-refractivity contribution in [3.8, 4) is 0 Å². The van der Waals surface area contributed by atoms with Crippen molar-refractivity contribution >= 4 is 39.1 Å². The number of hydrogen-bond donors (Lipinski definition) is 2. The van der Waals surface area contributed by atoms with E-state index in [0.29, 0.717) is 12.5 Å². The van der Waals surface area contributed by atoms with Crippen molar-refractivity contribution in [2.24, 2.45) is 4.99 Å². The summed E-state index contributed by atoms with van der Waals surface area (Å²) in [5.41, 5.74) is 0. The zero-order chi connectivity index (χ0) is 11.7. The minimum absolute atomic E-state index is 0.0408. The Kier molecular flexibility index (Phi) is 3.30. The quantitative estimate of drug-likeness (QED) is 0.877. The van der Waals surface area contributed by atoms with Crippen LogP contribution in [0.4, 0.5) is 0 Å². The van der Waals surface area contributed by atoms with Gasteiger partial charge in [0.1, 0.15) is 6.04 Å². The zero-order valence-electron chi connectivity index (χ0n) is 9.00. The maximum absolute atomic E-state index is 11.7. The van der Waals surface area contributed by atoms with Crippen molar-refractivity contribution in [1.29, 1.82) is 0 Å². The summed E-state index contributed by atoms with van der Waals surface area (Å²) >= 11 is 5.06. The van der Waals surface area contributed by atoms with E-state index >= 15 is 0 Å². The molecule has 0 bridgehead atoms. The van der Waals surface area contributed by atoms with E-state index in [9.17, 15) is 4.79 Å². The predicted molar refractivity (Wildman–Crippen MR) is 68.8 cm³/mol. The molecule has 1 fully saturated rings. The van der Waals surface area contributed by atoms with Crippen LogP contribution in [0, 0.1) is 6.92 Å². The Labute approximate surface area is 106 Å². The standard InChI is InChI=1S/C10H12BrN3OS/c1-3-12-10-13-8(9(15)14-10)7-4-6(11)5(2)16-7/h4,8H,3H2,1-2H3,(H2,12,13,14,15). The van der Waals surface area contributed by atoms with E-state index in [-0.39, 0.29) is 11.9 Å². The van der Waals surface area contributed by atoms with E-state index in [1.807, 2.05) is 19.9 Å². The van der Waals surface area contributed by atoms with Gasteiger partial charge in [-0.1, -0.05) is 0 Å². The lowest BCUT2D eigenvalue weighted by Crippen LogP contribution is -2.25. The number of guanidine groups is 1. The van der Waals surface area contributed by atoms with Crippen molar-refractivity contribution < 1.29 is 4.79 Å². The van der Waals surface area contributed by atoms with Crippen LogP contribution in [0.3, 0.4) is 0 Å². The Morgan fingerprint density at radius 1 is 1.62 bits per heavy atom. The molecule has 16 heavy (non-hydrogen) atoms. The summed E-state index contributed by atoms with van der Waals surface area (Å²) in [6, 6.07) is 1.67. The number of aryl methyl sites for hydroxylation is 1. The summed E-state index contributed by atoms with van der Waals surface area (Å²) < 4.78 is 1.04. The van der Waals surface area contributed by atoms with E-state index in [2.05, 4.69) is 31.6 Å². The number of amides is 1. The molecule has 1 amide bonds. The normalized spacial score (nSPS) is 22.3. The van der Waals surface area contributed by atoms with Crippen LogP contribution in [0.5, 0.6) is 0 Å². The molecular formula is C10H12BrN3OS. The molecule has 1 aromatic rings. The number of thiophene rings is 1. The molecule has 1 atom stereocenters. The van der Waals surface area contributed by atoms with Crippen molar-refractivity contribution in [2.75, 3.05) is 6.54 Å². The van der Waals surface area contributed by atoms with Gasteiger partial charge >= 0.3 is 0 Å². The second-order valence-corrected chi connectivity index (χ2v) is 5.58. The number of carbonyl (C=O) groups is 1. The van der Waals surface area contributed by atoms with Crippen LogP contribution >= 0.6 is 27.3 Å². The number of aliphatic imine (C=N–C) groups is 1. The number of carbonyl (C=O) groups excluding carboxylic acids is 1. The van der Waals surface area contributed by atoms with Crippen LogP contribution in [0.1, 0.15) is 22.7 Å². The number of nitrogens with zero attached hydrogens (tertiary/aromatic N) is 1. The van der Waals surface area contributed by atoms with Crippen molar-refractivity contribution in [1.82, 2.24) is 10.6 Å². The number of rotatable bonds is 2. The Balaban J connectivity index is 2.23. The molecule has 0 aromatic carbocycles. The van der Waals surface area contributed by atoms with E-state index in [4.69, 9.17) is 0 Å². The van der Waals surface area contributed by atoms with Crippen LogP contribution in [0.25, 0.3) is 0 Å². The number of hydrogen-bond acceptors (Lipinski definition) is 3. The van der Waals surface area contributed by atoms with Gasteiger partial charge in [0.25, 0.3) is 5.91 Å². The molecule has 0 saturated carbocycles. The molecule has 1 aliphatic rings. The highest BCUT2D eigenvalue weighted by atomic mass is 79.9. The average molecular weight is 302 g/mol. The summed E-state index contributed by atoms with van der Waals surface area (Å²) in [4.78, 5) is 18.0. The Morgan fingerprint density at radius 3 is 2.94 bits per heavy atom. The molecule has 1 aliphatic heterocycles. The lowest BCUT2D eigenvalue weighted by Gasteiger charge is -2.03. The average Bonchev–Trinajstić information content (AvgIpc) is 2.73. The topological polar surface area (TPSA) is 53.5 Å². The lowest BCUT2D eigenvalue weighted by atomic mass is 10.2. The molecular weight excluding hydrogens is 290 g/mol. The Bertz CT molecular complexity index is 435. The number of halogens is 1. The first kappa shape index (κ1) is 11.6. The third kappa shape index (κ3) is 2.12. The van der Waals surface area contributed by atoms with Crippen molar-refractivity contribution in [2.45, 2.75) is 19.9 Å². The summed E-state index contributed by atoms with van der Waals surface area (Å²) in [6.07, 6.45) is 0. The van der Waals surface area contributed by atoms with Crippen LogP contribution < -0.4 is 10.6 Å². The van der Waals surface area contributed by atoms with Gasteiger partial charge in [0.05, 0.1) is 0 Å². The van der Waals surface area contributed by atoms with Gasteiger partial charge in [0, 0.05) is 20.8 Å². The molecule has 1 aromatic heterocycles. The highest BCUT2D eigenvalue weighted by Gasteiger charge is 2.30. The molecule has 6 heteroatoms. The third-order valence-electron chi connectivity index (χ3n) is 2.26. The smallest absolute Gasteiger partial charge is 0.254 e. The minimum atomic E-state index is -0.305. The first-order valence-corrected chi connectivity index (χ1v) is 6.60. The molecule has 4 nitrogen and oxygen atoms in total. The second-order valence-electron chi connectivity index (χ2n) is 3.44. The van der Waals surface area contributed by atoms with E-state index in [0.717, 1.165) is 9.35 Å². The van der Waals surface area contributed by atoms with Crippen LogP contribution in [0.15, 0.2) is 15.5 Å². The largest absolute Gasteiger partial charge is 0.340 e. The molecule has 86 valence electrons. The summed E-state index contributed by atoms with van der Waals surface area (Å²) in [7, 11) is 0. The predicted octanol–water partition coefficient (Wildman–Crippen LogP) is 1.96.